The van der Waals surface area contributed by atoms with Gasteiger partial charge in [0, 0.05) is 0 Å². The molecule has 1 heterocycles. The molecule has 1 rings (SSSR count). The van der Waals surface area contributed by atoms with Crippen molar-refractivity contribution in [1.29, 1.82) is 0 Å². The van der Waals surface area contributed by atoms with Crippen LogP contribution < -0.4 is 5.14 Å². The maximum Gasteiger partial charge on any atom is 0.443 e. The van der Waals surface area contributed by atoms with Crippen molar-refractivity contribution < 1.29 is 13.7 Å². The molecule has 0 saturated heterocycles. The van der Waals surface area contributed by atoms with Crippen LogP contribution in [0.5, 0.6) is 0 Å². The predicted octanol–water partition coefficient (Wildman–Crippen LogP) is 1.05. The number of nitrogens with one attached hydrogen (secondary N) is 1. The van der Waals surface area contributed by atoms with Gasteiger partial charge in [0.25, 0.3) is 0 Å². The lowest BCUT2D eigenvalue weighted by molar-refractivity contribution is 0.0607. The zero-order chi connectivity index (χ0) is 12.4. The summed E-state index contributed by atoms with van der Waals surface area (Å²) in [6.45, 7) is 5.03. The van der Waals surface area contributed by atoms with Crippen LogP contribution in [-0.2, 0) is 14.7 Å². The smallest absolute Gasteiger partial charge is 0.442 e. The largest absolute Gasteiger partial charge is 0.443 e. The maximum absolute atomic E-state index is 11.8. The highest BCUT2D eigenvalue weighted by Gasteiger charge is 2.18. The number of aromatic amines is 1. The SMILES string of the molecule is CC(C)(C)OC(=O)N=[S@](N)(=O)c1ccn[nH]1. The lowest BCUT2D eigenvalue weighted by atomic mass is 10.2. The lowest BCUT2D eigenvalue weighted by Gasteiger charge is -2.17. The summed E-state index contributed by atoms with van der Waals surface area (Å²) in [5.41, 5.74) is -0.704. The predicted molar refractivity (Wildman–Crippen MR) is 57.8 cm³/mol. The van der Waals surface area contributed by atoms with E-state index in [4.69, 9.17) is 9.88 Å². The fraction of sp³-hybridized carbons (Fsp3) is 0.500. The Morgan fingerprint density at radius 3 is 2.69 bits per heavy atom. The van der Waals surface area contributed by atoms with E-state index in [0.717, 1.165) is 0 Å². The van der Waals surface area contributed by atoms with Crippen LogP contribution >= 0.6 is 0 Å². The Morgan fingerprint density at radius 1 is 1.62 bits per heavy atom. The van der Waals surface area contributed by atoms with E-state index < -0.39 is 21.6 Å². The molecule has 0 spiro atoms. The first kappa shape index (κ1) is 12.7. The number of amides is 1. The summed E-state index contributed by atoms with van der Waals surface area (Å²) in [6, 6.07) is 1.39. The minimum absolute atomic E-state index is 0.0818. The van der Waals surface area contributed by atoms with Crippen molar-refractivity contribution in [3.63, 3.8) is 0 Å². The summed E-state index contributed by atoms with van der Waals surface area (Å²) in [4.78, 5) is 11.3. The molecule has 1 amide bonds. The first-order chi connectivity index (χ1) is 7.21. The minimum Gasteiger partial charge on any atom is -0.442 e. The normalized spacial score (nSPS) is 15.2. The molecule has 0 fully saturated rings. The highest BCUT2D eigenvalue weighted by Crippen LogP contribution is 2.10. The van der Waals surface area contributed by atoms with Gasteiger partial charge in [0.05, 0.1) is 6.20 Å². The van der Waals surface area contributed by atoms with E-state index in [1.54, 1.807) is 20.8 Å². The monoisotopic (exact) mass is 246 g/mol. The molecule has 0 radical (unpaired) electrons. The second-order valence-electron chi connectivity index (χ2n) is 4.06. The van der Waals surface area contributed by atoms with Gasteiger partial charge in [-0.05, 0) is 26.8 Å². The van der Waals surface area contributed by atoms with Gasteiger partial charge in [-0.2, -0.15) is 5.10 Å². The summed E-state index contributed by atoms with van der Waals surface area (Å²) in [6.07, 6.45) is 0.404. The van der Waals surface area contributed by atoms with E-state index in [0.29, 0.717) is 0 Å². The molecule has 0 saturated carbocycles. The number of carbonyl (C=O) groups is 1. The third-order valence-electron chi connectivity index (χ3n) is 1.39. The molecule has 0 aliphatic carbocycles. The number of nitrogens with zero attached hydrogens (tertiary/aromatic N) is 2. The molecule has 1 atom stereocenters. The minimum atomic E-state index is -3.31. The average Bonchev–Trinajstić information content (AvgIpc) is 2.49. The number of hydrogen-bond donors (Lipinski definition) is 2. The number of aromatic nitrogens is 2. The van der Waals surface area contributed by atoms with Crippen molar-refractivity contribution in [2.75, 3.05) is 0 Å². The number of ether oxygens (including phenoxy) is 1. The molecule has 1 aromatic heterocycles. The van der Waals surface area contributed by atoms with Crippen molar-refractivity contribution in [2.45, 2.75) is 31.4 Å². The molecule has 90 valence electrons. The number of rotatable bonds is 1. The fourth-order valence-electron chi connectivity index (χ4n) is 0.846. The molecule has 1 aromatic rings. The summed E-state index contributed by atoms with van der Waals surface area (Å²) in [5, 5.41) is 11.4. The van der Waals surface area contributed by atoms with Gasteiger partial charge in [0.2, 0.25) is 0 Å². The summed E-state index contributed by atoms with van der Waals surface area (Å²) >= 11 is 0. The van der Waals surface area contributed by atoms with Gasteiger partial charge in [-0.15, -0.1) is 4.36 Å². The summed E-state index contributed by atoms with van der Waals surface area (Å²) in [7, 11) is -3.31. The third kappa shape index (κ3) is 3.63. The van der Waals surface area contributed by atoms with E-state index in [9.17, 15) is 9.00 Å². The Bertz CT molecular complexity index is 480. The zero-order valence-electron chi connectivity index (χ0n) is 9.26. The highest BCUT2D eigenvalue weighted by molar-refractivity contribution is 7.91. The molecule has 3 N–H and O–H groups in total. The van der Waals surface area contributed by atoms with Gasteiger partial charge in [0.15, 0.2) is 9.92 Å². The molecular weight excluding hydrogens is 232 g/mol. The van der Waals surface area contributed by atoms with Crippen LogP contribution in [0.1, 0.15) is 20.8 Å². The molecule has 0 aromatic carbocycles. The van der Waals surface area contributed by atoms with Crippen LogP contribution in [0, 0.1) is 0 Å². The van der Waals surface area contributed by atoms with E-state index in [1.807, 2.05) is 0 Å². The molecule has 0 unspecified atom stereocenters. The van der Waals surface area contributed by atoms with Crippen LogP contribution in [0.2, 0.25) is 0 Å². The van der Waals surface area contributed by atoms with E-state index in [2.05, 4.69) is 14.6 Å². The van der Waals surface area contributed by atoms with Crippen LogP contribution in [0.4, 0.5) is 4.79 Å². The van der Waals surface area contributed by atoms with Gasteiger partial charge in [-0.25, -0.2) is 14.1 Å². The second kappa shape index (κ2) is 4.22. The van der Waals surface area contributed by atoms with Crippen LogP contribution in [0.25, 0.3) is 0 Å². The van der Waals surface area contributed by atoms with Gasteiger partial charge in [0.1, 0.15) is 10.6 Å². The Hall–Kier alpha value is -1.41. The van der Waals surface area contributed by atoms with E-state index in [-0.39, 0.29) is 5.03 Å². The fourth-order valence-corrected chi connectivity index (χ4v) is 1.64. The first-order valence-electron chi connectivity index (χ1n) is 4.48. The zero-order valence-corrected chi connectivity index (χ0v) is 10.1. The lowest BCUT2D eigenvalue weighted by Crippen LogP contribution is -2.24. The molecule has 16 heavy (non-hydrogen) atoms. The summed E-state index contributed by atoms with van der Waals surface area (Å²) < 4.78 is 20.0. The first-order valence-corrected chi connectivity index (χ1v) is 6.06. The van der Waals surface area contributed by atoms with E-state index >= 15 is 0 Å². The van der Waals surface area contributed by atoms with Crippen LogP contribution in [-0.4, -0.2) is 26.1 Å². The number of nitrogens with two attached hydrogens (primary N) is 1. The Labute approximate surface area is 93.7 Å². The van der Waals surface area contributed by atoms with Crippen molar-refractivity contribution in [3.8, 4) is 0 Å². The van der Waals surface area contributed by atoms with Crippen molar-refractivity contribution in [3.05, 3.63) is 12.3 Å². The molecule has 0 bridgehead atoms. The average molecular weight is 246 g/mol. The van der Waals surface area contributed by atoms with Gasteiger partial charge < -0.3 is 4.74 Å². The van der Waals surface area contributed by atoms with Gasteiger partial charge in [-0.3, -0.25) is 5.10 Å². The molecule has 0 aliphatic rings. The highest BCUT2D eigenvalue weighted by atomic mass is 32.2. The Balaban J connectivity index is 2.93. The molecule has 7 nitrogen and oxygen atoms in total. The summed E-state index contributed by atoms with van der Waals surface area (Å²) in [5.74, 6) is 0. The third-order valence-corrected chi connectivity index (χ3v) is 2.67. The number of carbonyl (C=O) groups excluding carboxylic acids is 1. The number of H-pyrrole nitrogens is 1. The number of hydrogen-bond acceptors (Lipinski definition) is 4. The van der Waals surface area contributed by atoms with Crippen LogP contribution in [0.15, 0.2) is 21.7 Å². The van der Waals surface area contributed by atoms with Gasteiger partial charge >= 0.3 is 6.09 Å². The van der Waals surface area contributed by atoms with Gasteiger partial charge in [-0.1, -0.05) is 0 Å². The second-order valence-corrected chi connectivity index (χ2v) is 5.82. The quantitative estimate of drug-likeness (QED) is 0.771. The molecule has 0 aliphatic heterocycles. The molecular formula is C8H14N4O3S. The maximum atomic E-state index is 11.8. The van der Waals surface area contributed by atoms with Crippen molar-refractivity contribution in [1.82, 2.24) is 10.2 Å². The van der Waals surface area contributed by atoms with E-state index in [1.165, 1.54) is 12.3 Å². The topological polar surface area (TPSA) is 110 Å². The van der Waals surface area contributed by atoms with Crippen molar-refractivity contribution in [2.24, 2.45) is 9.50 Å². The van der Waals surface area contributed by atoms with Crippen molar-refractivity contribution >= 4 is 16.0 Å². The van der Waals surface area contributed by atoms with Crippen LogP contribution in [0.3, 0.4) is 0 Å². The molecule has 8 heteroatoms. The standard InChI is InChI=1S/C8H14N4O3S/c1-8(2,3)15-7(13)12-16(9,14)6-4-5-10-11-6/h4-5H,1-3H3,(H,10,11)(H2,9,12,13,14)/t16-/m0/s1. The Morgan fingerprint density at radius 2 is 2.25 bits per heavy atom. The Kier molecular flexibility index (Phi) is 3.34.